The van der Waals surface area contributed by atoms with E-state index < -0.39 is 46.4 Å². The minimum absolute atomic E-state index is 0.223. The van der Waals surface area contributed by atoms with Crippen molar-refractivity contribution in [1.82, 2.24) is 4.57 Å². The van der Waals surface area contributed by atoms with Gasteiger partial charge in [0.2, 0.25) is 0 Å². The van der Waals surface area contributed by atoms with E-state index in [-0.39, 0.29) is 5.69 Å². The quantitative estimate of drug-likeness (QED) is 0.602. The van der Waals surface area contributed by atoms with Gasteiger partial charge >= 0.3 is 6.18 Å². The van der Waals surface area contributed by atoms with Crippen LogP contribution in [0.5, 0.6) is 0 Å². The molecule has 0 fully saturated rings. The first-order valence-electron chi connectivity index (χ1n) is 5.70. The first-order valence-corrected chi connectivity index (χ1v) is 9.14. The Labute approximate surface area is 153 Å². The van der Waals surface area contributed by atoms with Gasteiger partial charge in [-0.15, -0.1) is 0 Å². The Balaban J connectivity index is 2.80. The monoisotopic (exact) mass is 436 g/mol. The first kappa shape index (κ1) is 19.2. The average Bonchev–Trinajstić information content (AvgIpc) is 2.74. The van der Waals surface area contributed by atoms with Crippen molar-refractivity contribution < 1.29 is 21.6 Å². The van der Waals surface area contributed by atoms with Gasteiger partial charge in [-0.25, -0.2) is 8.42 Å². The minimum atomic E-state index is -4.69. The summed E-state index contributed by atoms with van der Waals surface area (Å²) in [7, 11) is 0.880. The summed E-state index contributed by atoms with van der Waals surface area (Å²) in [5, 5.41) is 7.71. The third-order valence-corrected chi connectivity index (χ3v) is 5.15. The van der Waals surface area contributed by atoms with Gasteiger partial charge in [0.1, 0.15) is 21.7 Å². The molecule has 0 unspecified atom stereocenters. The molecule has 1 aromatic carbocycles. The molecule has 0 saturated heterocycles. The van der Waals surface area contributed by atoms with Crippen LogP contribution in [-0.4, -0.2) is 13.0 Å². The molecule has 128 valence electrons. The number of nitrogens with zero attached hydrogens (tertiary/aromatic N) is 2. The van der Waals surface area contributed by atoms with Gasteiger partial charge in [0.15, 0.2) is 0 Å². The van der Waals surface area contributed by atoms with Gasteiger partial charge in [0.05, 0.1) is 21.3 Å². The third kappa shape index (κ3) is 3.46. The maximum absolute atomic E-state index is 12.8. The van der Waals surface area contributed by atoms with E-state index in [1.54, 1.807) is 6.07 Å². The summed E-state index contributed by atoms with van der Waals surface area (Å²) in [6, 6.07) is 2.75. The molecule has 24 heavy (non-hydrogen) atoms. The Morgan fingerprint density at radius 1 is 1.12 bits per heavy atom. The molecule has 2 aromatic rings. The maximum Gasteiger partial charge on any atom is 0.416 e. The van der Waals surface area contributed by atoms with Crippen LogP contribution in [0, 0.1) is 11.3 Å². The van der Waals surface area contributed by atoms with Crippen LogP contribution in [-0.2, 0) is 15.2 Å². The molecule has 0 atom stereocenters. The van der Waals surface area contributed by atoms with Crippen molar-refractivity contribution in [2.24, 2.45) is 0 Å². The predicted octanol–water partition coefficient (Wildman–Crippen LogP) is 5.26. The summed E-state index contributed by atoms with van der Waals surface area (Å²) in [5.74, 6) is 0. The van der Waals surface area contributed by atoms with E-state index in [2.05, 4.69) is 0 Å². The van der Waals surface area contributed by atoms with Gasteiger partial charge in [-0.2, -0.15) is 18.4 Å². The molecule has 2 rings (SSSR count). The maximum atomic E-state index is 12.8. The van der Waals surface area contributed by atoms with Gasteiger partial charge in [0, 0.05) is 16.9 Å². The Hall–Kier alpha value is -1.11. The van der Waals surface area contributed by atoms with Crippen molar-refractivity contribution >= 4 is 54.5 Å². The molecule has 0 radical (unpaired) electrons. The molecule has 0 aliphatic carbocycles. The number of alkyl halides is 3. The highest BCUT2D eigenvalue weighted by molar-refractivity contribution is 8.13. The highest BCUT2D eigenvalue weighted by atomic mass is 35.7. The molecule has 0 aliphatic heterocycles. The van der Waals surface area contributed by atoms with Crippen LogP contribution < -0.4 is 0 Å². The summed E-state index contributed by atoms with van der Waals surface area (Å²) >= 11 is 17.6. The standard InChI is InChI=1S/C12H3Cl4F3N2O2S/c13-7-1-5(12(17,18)19)2-8(14)10(7)21-4-9(24(16,22)23)6(3-20)11(21)15/h1-2,4H. The predicted molar refractivity (Wildman–Crippen MR) is 83.6 cm³/mol. The Morgan fingerprint density at radius 3 is 1.96 bits per heavy atom. The molecule has 0 amide bonds. The van der Waals surface area contributed by atoms with E-state index in [9.17, 15) is 21.6 Å². The smallest absolute Gasteiger partial charge is 0.302 e. The third-order valence-electron chi connectivity index (χ3n) is 2.87. The second-order valence-corrected chi connectivity index (χ2v) is 8.07. The van der Waals surface area contributed by atoms with Crippen molar-refractivity contribution in [2.75, 3.05) is 0 Å². The fraction of sp³-hybridized carbons (Fsp3) is 0.0833. The molecule has 12 heteroatoms. The van der Waals surface area contributed by atoms with Crippen LogP contribution in [0.4, 0.5) is 13.2 Å². The Bertz CT molecular complexity index is 954. The van der Waals surface area contributed by atoms with Gasteiger partial charge in [-0.05, 0) is 12.1 Å². The number of halogens is 7. The summed E-state index contributed by atoms with van der Waals surface area (Å²) in [4.78, 5) is -0.622. The van der Waals surface area contributed by atoms with Crippen molar-refractivity contribution in [2.45, 2.75) is 11.1 Å². The summed E-state index contributed by atoms with van der Waals surface area (Å²) in [6.45, 7) is 0. The summed E-state index contributed by atoms with van der Waals surface area (Å²) in [5.41, 5.74) is -1.81. The first-order chi connectivity index (χ1) is 10.9. The fourth-order valence-electron chi connectivity index (χ4n) is 1.87. The van der Waals surface area contributed by atoms with E-state index in [1.165, 1.54) is 0 Å². The van der Waals surface area contributed by atoms with E-state index in [4.69, 9.17) is 50.7 Å². The molecule has 0 N–H and O–H groups in total. The zero-order valence-corrected chi connectivity index (χ0v) is 14.8. The minimum Gasteiger partial charge on any atom is -0.302 e. The Morgan fingerprint density at radius 2 is 1.62 bits per heavy atom. The zero-order chi connectivity index (χ0) is 18.4. The van der Waals surface area contributed by atoms with Gasteiger partial charge in [-0.3, -0.25) is 0 Å². The number of hydrogen-bond donors (Lipinski definition) is 0. The second-order valence-electron chi connectivity index (χ2n) is 4.37. The van der Waals surface area contributed by atoms with Crippen molar-refractivity contribution in [3.63, 3.8) is 0 Å². The normalized spacial score (nSPS) is 12.2. The van der Waals surface area contributed by atoms with Crippen LogP contribution in [0.2, 0.25) is 15.2 Å². The van der Waals surface area contributed by atoms with Crippen molar-refractivity contribution in [1.29, 1.82) is 5.26 Å². The number of nitriles is 1. The van der Waals surface area contributed by atoms with E-state index >= 15 is 0 Å². The summed E-state index contributed by atoms with van der Waals surface area (Å²) < 4.78 is 62.1. The topological polar surface area (TPSA) is 62.9 Å². The highest BCUT2D eigenvalue weighted by Crippen LogP contribution is 2.40. The number of benzene rings is 1. The van der Waals surface area contributed by atoms with Crippen LogP contribution in [0.3, 0.4) is 0 Å². The zero-order valence-electron chi connectivity index (χ0n) is 11.0. The number of aromatic nitrogens is 1. The van der Waals surface area contributed by atoms with Crippen LogP contribution in [0.1, 0.15) is 11.1 Å². The fourth-order valence-corrected chi connectivity index (χ4v) is 3.84. The van der Waals surface area contributed by atoms with Crippen LogP contribution in [0.15, 0.2) is 23.2 Å². The van der Waals surface area contributed by atoms with Gasteiger partial charge in [-0.1, -0.05) is 34.8 Å². The largest absolute Gasteiger partial charge is 0.416 e. The Kier molecular flexibility index (Phi) is 5.06. The SMILES string of the molecule is N#Cc1c(S(=O)(=O)Cl)cn(-c2c(Cl)cc(C(F)(F)F)cc2Cl)c1Cl. The van der Waals surface area contributed by atoms with E-state index in [0.717, 1.165) is 10.8 Å². The van der Waals surface area contributed by atoms with Crippen LogP contribution in [0.25, 0.3) is 5.69 Å². The lowest BCUT2D eigenvalue weighted by atomic mass is 10.2. The molecule has 0 saturated carbocycles. The average molecular weight is 438 g/mol. The molecular formula is C12H3Cl4F3N2O2S. The molecule has 4 nitrogen and oxygen atoms in total. The van der Waals surface area contributed by atoms with Gasteiger partial charge in [0.25, 0.3) is 9.05 Å². The molecule has 1 aromatic heterocycles. The van der Waals surface area contributed by atoms with Gasteiger partial charge < -0.3 is 4.57 Å². The summed E-state index contributed by atoms with van der Waals surface area (Å²) in [6.07, 6.45) is -3.83. The molecule has 1 heterocycles. The lowest BCUT2D eigenvalue weighted by Gasteiger charge is -2.13. The molecular weight excluding hydrogens is 435 g/mol. The second kappa shape index (κ2) is 6.32. The lowest BCUT2D eigenvalue weighted by Crippen LogP contribution is -2.06. The molecule has 0 bridgehead atoms. The highest BCUT2D eigenvalue weighted by Gasteiger charge is 2.33. The van der Waals surface area contributed by atoms with Crippen molar-refractivity contribution in [3.8, 4) is 11.8 Å². The number of hydrogen-bond acceptors (Lipinski definition) is 3. The van der Waals surface area contributed by atoms with E-state index in [0.29, 0.717) is 12.1 Å². The van der Waals surface area contributed by atoms with Crippen molar-refractivity contribution in [3.05, 3.63) is 44.7 Å². The van der Waals surface area contributed by atoms with Crippen LogP contribution >= 0.6 is 45.5 Å². The molecule has 0 aliphatic rings. The lowest BCUT2D eigenvalue weighted by molar-refractivity contribution is -0.137. The molecule has 0 spiro atoms. The van der Waals surface area contributed by atoms with E-state index in [1.807, 2.05) is 0 Å². The number of rotatable bonds is 2.